The van der Waals surface area contributed by atoms with Gasteiger partial charge in [0.1, 0.15) is 24.1 Å². The first-order valence-electron chi connectivity index (χ1n) is 11.0. The number of nitrogen functional groups attached to an aromatic ring is 1. The molecule has 3 N–H and O–H groups in total. The van der Waals surface area contributed by atoms with E-state index in [4.69, 9.17) is 19.9 Å². The summed E-state index contributed by atoms with van der Waals surface area (Å²) < 4.78 is 71.2. The second kappa shape index (κ2) is 9.37. The van der Waals surface area contributed by atoms with Crippen molar-refractivity contribution in [2.75, 3.05) is 31.4 Å². The molecule has 1 fully saturated rings. The molecule has 0 spiro atoms. The van der Waals surface area contributed by atoms with Gasteiger partial charge in [-0.1, -0.05) is 0 Å². The molecule has 4 rings (SSSR count). The molecule has 1 aromatic heterocycles. The maximum Gasteiger partial charge on any atom is 0.419 e. The number of fused-ring (bicyclic) bond motifs is 1. The Morgan fingerprint density at radius 2 is 1.83 bits per heavy atom. The molecular weight excluding hydrogens is 468 g/mol. The van der Waals surface area contributed by atoms with Crippen molar-refractivity contribution in [2.45, 2.75) is 45.0 Å². The Bertz CT molecular complexity index is 1250. The molecule has 1 heterocycles. The first-order valence-corrected chi connectivity index (χ1v) is 11.0. The Labute approximate surface area is 199 Å². The lowest BCUT2D eigenvalue weighted by Crippen LogP contribution is -2.15. The number of aryl methyl sites for hydroxylation is 1. The Hall–Kier alpha value is -3.34. The van der Waals surface area contributed by atoms with Gasteiger partial charge in [-0.25, -0.2) is 14.4 Å². The van der Waals surface area contributed by atoms with Crippen molar-refractivity contribution in [1.29, 1.82) is 0 Å². The van der Waals surface area contributed by atoms with Gasteiger partial charge in [-0.15, -0.1) is 0 Å². The van der Waals surface area contributed by atoms with Gasteiger partial charge >= 0.3 is 6.18 Å². The molecular formula is C24H26F4N4O3. The number of methoxy groups -OCH3 is 1. The largest absolute Gasteiger partial charge is 0.493 e. The number of ether oxygens (including phenoxy) is 3. The average Bonchev–Trinajstić information content (AvgIpc) is 3.52. The molecule has 1 aliphatic rings. The van der Waals surface area contributed by atoms with Crippen LogP contribution in [-0.2, 0) is 17.5 Å². The maximum atomic E-state index is 14.6. The minimum Gasteiger partial charge on any atom is -0.493 e. The van der Waals surface area contributed by atoms with Crippen LogP contribution in [0.4, 0.5) is 29.1 Å². The van der Waals surface area contributed by atoms with Gasteiger partial charge in [0.2, 0.25) is 0 Å². The predicted octanol–water partition coefficient (Wildman–Crippen LogP) is 5.25. The molecule has 2 aromatic carbocycles. The molecule has 0 unspecified atom stereocenters. The smallest absolute Gasteiger partial charge is 0.419 e. The van der Waals surface area contributed by atoms with E-state index < -0.39 is 17.6 Å². The molecule has 0 atom stereocenters. The number of alkyl halides is 3. The third-order valence-corrected chi connectivity index (χ3v) is 5.76. The minimum atomic E-state index is -4.87. The zero-order valence-corrected chi connectivity index (χ0v) is 19.6. The second-order valence-corrected chi connectivity index (χ2v) is 8.68. The van der Waals surface area contributed by atoms with Crippen molar-refractivity contribution in [3.63, 3.8) is 0 Å². The number of nitrogens with one attached hydrogen (secondary N) is 1. The first kappa shape index (κ1) is 24.8. The van der Waals surface area contributed by atoms with E-state index in [-0.39, 0.29) is 23.4 Å². The Balaban J connectivity index is 1.60. The molecule has 11 heteroatoms. The van der Waals surface area contributed by atoms with Crippen LogP contribution >= 0.6 is 0 Å². The highest BCUT2D eigenvalue weighted by atomic mass is 19.4. The molecule has 3 aromatic rings. The van der Waals surface area contributed by atoms with Crippen LogP contribution in [-0.4, -0.2) is 35.9 Å². The third kappa shape index (κ3) is 5.67. The fraction of sp³-hybridized carbons (Fsp3) is 0.417. The van der Waals surface area contributed by atoms with Gasteiger partial charge in [-0.2, -0.15) is 13.2 Å². The number of rotatable bonds is 9. The van der Waals surface area contributed by atoms with Crippen LogP contribution in [0.3, 0.4) is 0 Å². The highest BCUT2D eigenvalue weighted by Crippen LogP contribution is 2.39. The van der Waals surface area contributed by atoms with E-state index >= 15 is 0 Å². The van der Waals surface area contributed by atoms with E-state index in [0.29, 0.717) is 53.3 Å². The lowest BCUT2D eigenvalue weighted by Gasteiger charge is -2.16. The van der Waals surface area contributed by atoms with E-state index in [1.807, 2.05) is 6.92 Å². The van der Waals surface area contributed by atoms with Crippen molar-refractivity contribution < 1.29 is 31.8 Å². The highest BCUT2D eigenvalue weighted by molar-refractivity contribution is 5.91. The molecule has 1 aliphatic carbocycles. The number of halogens is 4. The van der Waals surface area contributed by atoms with Crippen LogP contribution in [0, 0.1) is 12.7 Å². The predicted molar refractivity (Wildman–Crippen MR) is 123 cm³/mol. The summed E-state index contributed by atoms with van der Waals surface area (Å²) in [5, 5.41) is 3.45. The molecule has 0 saturated heterocycles. The fourth-order valence-electron chi connectivity index (χ4n) is 3.64. The summed E-state index contributed by atoms with van der Waals surface area (Å²) in [4.78, 5) is 8.76. The van der Waals surface area contributed by atoms with Gasteiger partial charge in [0.05, 0.1) is 30.4 Å². The maximum absolute atomic E-state index is 14.6. The molecule has 0 aliphatic heterocycles. The highest BCUT2D eigenvalue weighted by Gasteiger charge is 2.38. The number of aromatic nitrogens is 2. The third-order valence-electron chi connectivity index (χ3n) is 5.76. The summed E-state index contributed by atoms with van der Waals surface area (Å²) in [6.45, 7) is 4.13. The van der Waals surface area contributed by atoms with Gasteiger partial charge < -0.3 is 25.3 Å². The number of anilines is 2. The number of nitrogens with zero attached hydrogens (tertiary/aromatic N) is 2. The van der Waals surface area contributed by atoms with E-state index in [2.05, 4.69) is 15.3 Å². The summed E-state index contributed by atoms with van der Waals surface area (Å²) in [5.74, 6) is 0.206. The van der Waals surface area contributed by atoms with Crippen molar-refractivity contribution in [1.82, 2.24) is 9.97 Å². The SMILES string of the molecule is COc1cc2nc(C)nc(NCc3cc(N)cc(C(F)(F)F)c3F)c2cc1OCCOC1(C)CC1. The van der Waals surface area contributed by atoms with Crippen LogP contribution in [0.2, 0.25) is 0 Å². The van der Waals surface area contributed by atoms with Gasteiger partial charge in [-0.3, -0.25) is 0 Å². The summed E-state index contributed by atoms with van der Waals surface area (Å²) >= 11 is 0. The molecule has 7 nitrogen and oxygen atoms in total. The van der Waals surface area contributed by atoms with Crippen molar-refractivity contribution in [3.05, 3.63) is 47.0 Å². The molecule has 0 amide bonds. The van der Waals surface area contributed by atoms with E-state index in [1.165, 1.54) is 7.11 Å². The lowest BCUT2D eigenvalue weighted by molar-refractivity contribution is -0.140. The molecule has 0 bridgehead atoms. The minimum absolute atomic E-state index is 0.0681. The van der Waals surface area contributed by atoms with Crippen LogP contribution < -0.4 is 20.5 Å². The number of hydrogen-bond acceptors (Lipinski definition) is 7. The quantitative estimate of drug-likeness (QED) is 0.239. The lowest BCUT2D eigenvalue weighted by atomic mass is 10.1. The topological polar surface area (TPSA) is 91.5 Å². The van der Waals surface area contributed by atoms with Crippen molar-refractivity contribution >= 4 is 22.4 Å². The number of nitrogens with two attached hydrogens (primary N) is 1. The van der Waals surface area contributed by atoms with E-state index in [0.717, 1.165) is 18.9 Å². The standard InChI is InChI=1S/C24H26F4N4O3/c1-13-31-18-11-19(33-3)20(34-6-7-35-23(2)4-5-23)10-16(18)22(32-13)30-12-14-8-15(29)9-17(21(14)25)24(26,27)28/h8-11H,4-7,12,29H2,1-3H3,(H,30,31,32). The van der Waals surface area contributed by atoms with Crippen LogP contribution in [0.25, 0.3) is 10.9 Å². The summed E-state index contributed by atoms with van der Waals surface area (Å²) in [6.07, 6.45) is -2.82. The molecule has 188 valence electrons. The van der Waals surface area contributed by atoms with Gasteiger partial charge in [0.15, 0.2) is 11.5 Å². The van der Waals surface area contributed by atoms with Crippen LogP contribution in [0.5, 0.6) is 11.5 Å². The molecule has 35 heavy (non-hydrogen) atoms. The first-order chi connectivity index (χ1) is 16.5. The summed E-state index contributed by atoms with van der Waals surface area (Å²) in [5.41, 5.74) is 4.20. The zero-order chi connectivity index (χ0) is 25.4. The zero-order valence-electron chi connectivity index (χ0n) is 19.6. The van der Waals surface area contributed by atoms with Gasteiger partial charge in [0.25, 0.3) is 0 Å². The summed E-state index contributed by atoms with van der Waals surface area (Å²) in [6, 6.07) is 5.08. The summed E-state index contributed by atoms with van der Waals surface area (Å²) in [7, 11) is 1.50. The normalized spacial score (nSPS) is 14.7. The average molecular weight is 494 g/mol. The number of benzene rings is 2. The monoisotopic (exact) mass is 494 g/mol. The van der Waals surface area contributed by atoms with Gasteiger partial charge in [-0.05, 0) is 44.9 Å². The molecule has 0 radical (unpaired) electrons. The second-order valence-electron chi connectivity index (χ2n) is 8.68. The Kier molecular flexibility index (Phi) is 6.63. The van der Waals surface area contributed by atoms with Crippen LogP contribution in [0.15, 0.2) is 24.3 Å². The van der Waals surface area contributed by atoms with Crippen LogP contribution in [0.1, 0.15) is 36.7 Å². The van der Waals surface area contributed by atoms with Crippen molar-refractivity contribution in [3.8, 4) is 11.5 Å². The number of hydrogen-bond donors (Lipinski definition) is 2. The fourth-order valence-corrected chi connectivity index (χ4v) is 3.64. The van der Waals surface area contributed by atoms with E-state index in [1.54, 1.807) is 19.1 Å². The Morgan fingerprint density at radius 3 is 2.49 bits per heavy atom. The van der Waals surface area contributed by atoms with Crippen molar-refractivity contribution in [2.24, 2.45) is 0 Å². The Morgan fingerprint density at radius 1 is 1.09 bits per heavy atom. The van der Waals surface area contributed by atoms with Gasteiger partial charge in [0, 0.05) is 29.2 Å². The molecule has 1 saturated carbocycles. The van der Waals surface area contributed by atoms with E-state index in [9.17, 15) is 17.6 Å².